The molecule has 0 bridgehead atoms. The van der Waals surface area contributed by atoms with Gasteiger partial charge in [0.15, 0.2) is 0 Å². The first-order valence-corrected chi connectivity index (χ1v) is 14.4. The summed E-state index contributed by atoms with van der Waals surface area (Å²) in [4.78, 5) is 9.79. The number of rotatable bonds is 9. The molecule has 1 saturated carbocycles. The van der Waals surface area contributed by atoms with Gasteiger partial charge in [0.05, 0.1) is 10.4 Å². The second-order valence-electron chi connectivity index (χ2n) is 9.48. The van der Waals surface area contributed by atoms with Crippen molar-refractivity contribution in [2.24, 2.45) is 11.8 Å². The van der Waals surface area contributed by atoms with E-state index in [0.29, 0.717) is 34.2 Å². The smallest absolute Gasteiger partial charge is 0.240 e. The SMILES string of the molecule is O=S(=O)(NC[C@H]1CC[C@H](CNc2nc(Nc3ccc(Cl)cc3)c3ccccc3n2)CC1)c1ccccc1. The number of benzene rings is 3. The summed E-state index contributed by atoms with van der Waals surface area (Å²) in [7, 11) is -3.46. The molecule has 5 rings (SSSR count). The van der Waals surface area contributed by atoms with Gasteiger partial charge in [0.1, 0.15) is 5.82 Å². The summed E-state index contributed by atoms with van der Waals surface area (Å²) in [5.74, 6) is 2.17. The number of hydrogen-bond donors (Lipinski definition) is 3. The van der Waals surface area contributed by atoms with Gasteiger partial charge in [0.2, 0.25) is 16.0 Å². The Labute approximate surface area is 222 Å². The molecule has 4 aromatic rings. The monoisotopic (exact) mass is 535 g/mol. The maximum atomic E-state index is 12.5. The summed E-state index contributed by atoms with van der Waals surface area (Å²) in [5, 5.41) is 8.46. The lowest BCUT2D eigenvalue weighted by Gasteiger charge is -2.28. The van der Waals surface area contributed by atoms with E-state index in [1.165, 1.54) is 0 Å². The lowest BCUT2D eigenvalue weighted by atomic mass is 9.82. The Morgan fingerprint density at radius 3 is 2.16 bits per heavy atom. The van der Waals surface area contributed by atoms with Crippen molar-refractivity contribution < 1.29 is 8.42 Å². The van der Waals surface area contributed by atoms with Crippen LogP contribution in [-0.2, 0) is 10.0 Å². The molecule has 0 atom stereocenters. The van der Waals surface area contributed by atoms with Crippen molar-refractivity contribution in [3.05, 3.63) is 83.9 Å². The summed E-state index contributed by atoms with van der Waals surface area (Å²) in [6.07, 6.45) is 4.06. The number of nitrogens with one attached hydrogen (secondary N) is 3. The molecule has 1 aromatic heterocycles. The number of anilines is 3. The van der Waals surface area contributed by atoms with Crippen molar-refractivity contribution in [2.45, 2.75) is 30.6 Å². The van der Waals surface area contributed by atoms with Gasteiger partial charge in [-0.05, 0) is 86.1 Å². The molecule has 9 heteroatoms. The summed E-state index contributed by atoms with van der Waals surface area (Å²) in [6, 6.07) is 24.0. The number of hydrogen-bond acceptors (Lipinski definition) is 6. The minimum Gasteiger partial charge on any atom is -0.354 e. The lowest BCUT2D eigenvalue weighted by molar-refractivity contribution is 0.284. The largest absolute Gasteiger partial charge is 0.354 e. The Balaban J connectivity index is 1.17. The van der Waals surface area contributed by atoms with Crippen LogP contribution in [0, 0.1) is 11.8 Å². The Morgan fingerprint density at radius 2 is 1.43 bits per heavy atom. The number of fused-ring (bicyclic) bond motifs is 1. The second kappa shape index (κ2) is 11.5. The topological polar surface area (TPSA) is 96.0 Å². The van der Waals surface area contributed by atoms with Gasteiger partial charge in [-0.2, -0.15) is 4.98 Å². The van der Waals surface area contributed by atoms with Crippen LogP contribution in [0.25, 0.3) is 10.9 Å². The average Bonchev–Trinajstić information content (AvgIpc) is 2.93. The molecule has 0 radical (unpaired) electrons. The van der Waals surface area contributed by atoms with Crippen LogP contribution in [0.5, 0.6) is 0 Å². The van der Waals surface area contributed by atoms with Crippen LogP contribution in [0.3, 0.4) is 0 Å². The fraction of sp³-hybridized carbons (Fsp3) is 0.286. The highest BCUT2D eigenvalue weighted by molar-refractivity contribution is 7.89. The van der Waals surface area contributed by atoms with Crippen LogP contribution in [0.1, 0.15) is 25.7 Å². The zero-order valence-electron chi connectivity index (χ0n) is 20.4. The molecule has 0 saturated heterocycles. The van der Waals surface area contributed by atoms with Gasteiger partial charge in [0.25, 0.3) is 0 Å². The van der Waals surface area contributed by atoms with Gasteiger partial charge in [0, 0.05) is 29.2 Å². The van der Waals surface area contributed by atoms with E-state index in [1.807, 2.05) is 54.6 Å². The highest BCUT2D eigenvalue weighted by Crippen LogP contribution is 2.30. The molecule has 0 spiro atoms. The van der Waals surface area contributed by atoms with E-state index < -0.39 is 10.0 Å². The Morgan fingerprint density at radius 1 is 0.784 bits per heavy atom. The highest BCUT2D eigenvalue weighted by Gasteiger charge is 2.23. The first kappa shape index (κ1) is 25.4. The van der Waals surface area contributed by atoms with Crippen LogP contribution < -0.4 is 15.4 Å². The normalized spacial score (nSPS) is 18.0. The fourth-order valence-corrected chi connectivity index (χ4v) is 5.97. The van der Waals surface area contributed by atoms with E-state index in [-0.39, 0.29) is 0 Å². The van der Waals surface area contributed by atoms with E-state index in [2.05, 4.69) is 15.4 Å². The van der Waals surface area contributed by atoms with E-state index in [1.54, 1.807) is 24.3 Å². The summed E-state index contributed by atoms with van der Waals surface area (Å²) < 4.78 is 27.8. The van der Waals surface area contributed by atoms with E-state index in [4.69, 9.17) is 21.6 Å². The van der Waals surface area contributed by atoms with Crippen molar-refractivity contribution in [1.82, 2.24) is 14.7 Å². The predicted octanol–water partition coefficient (Wildman–Crippen LogP) is 6.22. The Hall–Kier alpha value is -3.20. The molecule has 1 aliphatic rings. The van der Waals surface area contributed by atoms with Gasteiger partial charge in [-0.25, -0.2) is 18.1 Å². The Bertz CT molecular complexity index is 1440. The number of sulfonamides is 1. The van der Waals surface area contributed by atoms with Gasteiger partial charge in [-0.15, -0.1) is 0 Å². The average molecular weight is 536 g/mol. The number of halogens is 1. The minimum atomic E-state index is -3.46. The van der Waals surface area contributed by atoms with Crippen LogP contribution in [0.2, 0.25) is 5.02 Å². The van der Waals surface area contributed by atoms with E-state index in [9.17, 15) is 8.42 Å². The number of para-hydroxylation sites is 1. The van der Waals surface area contributed by atoms with Crippen molar-refractivity contribution in [1.29, 1.82) is 0 Å². The molecule has 7 nitrogen and oxygen atoms in total. The van der Waals surface area contributed by atoms with Gasteiger partial charge < -0.3 is 10.6 Å². The van der Waals surface area contributed by atoms with Crippen molar-refractivity contribution in [3.63, 3.8) is 0 Å². The molecule has 1 aliphatic carbocycles. The van der Waals surface area contributed by atoms with Crippen LogP contribution >= 0.6 is 11.6 Å². The van der Waals surface area contributed by atoms with Gasteiger partial charge in [-0.3, -0.25) is 0 Å². The fourth-order valence-electron chi connectivity index (χ4n) is 4.71. The molecule has 3 aromatic carbocycles. The third-order valence-corrected chi connectivity index (χ3v) is 8.53. The first-order valence-electron chi connectivity index (χ1n) is 12.5. The maximum Gasteiger partial charge on any atom is 0.240 e. The van der Waals surface area contributed by atoms with E-state index >= 15 is 0 Å². The van der Waals surface area contributed by atoms with Crippen molar-refractivity contribution in [3.8, 4) is 0 Å². The minimum absolute atomic E-state index is 0.313. The van der Waals surface area contributed by atoms with E-state index in [0.717, 1.165) is 54.6 Å². The predicted molar refractivity (Wildman–Crippen MR) is 150 cm³/mol. The molecular formula is C28H30ClN5O2S. The van der Waals surface area contributed by atoms with Crippen molar-refractivity contribution >= 4 is 50.0 Å². The molecule has 192 valence electrons. The quantitative estimate of drug-likeness (QED) is 0.235. The summed E-state index contributed by atoms with van der Waals surface area (Å²) >= 11 is 6.03. The highest BCUT2D eigenvalue weighted by atomic mass is 35.5. The number of nitrogens with zero attached hydrogens (tertiary/aromatic N) is 2. The third kappa shape index (κ3) is 6.57. The van der Waals surface area contributed by atoms with Gasteiger partial charge in [-0.1, -0.05) is 41.9 Å². The molecule has 1 heterocycles. The second-order valence-corrected chi connectivity index (χ2v) is 11.7. The zero-order valence-corrected chi connectivity index (χ0v) is 22.0. The molecular weight excluding hydrogens is 506 g/mol. The molecule has 0 aliphatic heterocycles. The summed E-state index contributed by atoms with van der Waals surface area (Å²) in [6.45, 7) is 1.26. The zero-order chi connectivity index (χ0) is 25.7. The molecule has 1 fully saturated rings. The van der Waals surface area contributed by atoms with Crippen LogP contribution in [0.4, 0.5) is 17.5 Å². The van der Waals surface area contributed by atoms with Crippen LogP contribution in [-0.4, -0.2) is 31.5 Å². The standard InChI is InChI=1S/C28H30ClN5O2S/c29-22-14-16-23(17-15-22)32-27-25-8-4-5-9-26(25)33-28(34-27)30-18-20-10-12-21(13-11-20)19-31-37(35,36)24-6-2-1-3-7-24/h1-9,14-17,20-21,31H,10-13,18-19H2,(H2,30,32,33,34)/t20-,21-. The Kier molecular flexibility index (Phi) is 7.88. The van der Waals surface area contributed by atoms with Crippen molar-refractivity contribution in [2.75, 3.05) is 23.7 Å². The molecule has 37 heavy (non-hydrogen) atoms. The lowest BCUT2D eigenvalue weighted by Crippen LogP contribution is -2.32. The molecule has 3 N–H and O–H groups in total. The van der Waals surface area contributed by atoms with Gasteiger partial charge >= 0.3 is 0 Å². The first-order chi connectivity index (χ1) is 18.0. The number of aromatic nitrogens is 2. The third-order valence-electron chi connectivity index (χ3n) is 6.84. The molecule has 0 unspecified atom stereocenters. The summed E-state index contributed by atoms with van der Waals surface area (Å²) in [5.41, 5.74) is 1.77. The molecule has 0 amide bonds. The van der Waals surface area contributed by atoms with Crippen LogP contribution in [0.15, 0.2) is 83.8 Å². The maximum absolute atomic E-state index is 12.5.